The molecule has 0 saturated carbocycles. The molecular weight excluding hydrogens is 272 g/mol. The third-order valence-electron chi connectivity index (χ3n) is 4.57. The maximum atomic E-state index is 5.85. The van der Waals surface area contributed by atoms with Gasteiger partial charge in [0.05, 0.1) is 23.2 Å². The number of morpholine rings is 1. The lowest BCUT2D eigenvalue weighted by molar-refractivity contribution is -0.0433. The summed E-state index contributed by atoms with van der Waals surface area (Å²) < 4.78 is 5.85. The topological polar surface area (TPSA) is 45.0 Å². The Morgan fingerprint density at radius 3 is 2.45 bits per heavy atom. The summed E-state index contributed by atoms with van der Waals surface area (Å²) in [6, 6.07) is 0. The number of nitrogens with two attached hydrogens (primary N) is 1. The second-order valence-corrected chi connectivity index (χ2v) is 6.91. The zero-order chi connectivity index (χ0) is 14.8. The van der Waals surface area contributed by atoms with E-state index in [0.717, 1.165) is 52.4 Å². The van der Waals surface area contributed by atoms with Crippen LogP contribution in [0.15, 0.2) is 0 Å². The van der Waals surface area contributed by atoms with Gasteiger partial charge in [-0.05, 0) is 20.9 Å². The van der Waals surface area contributed by atoms with E-state index in [1.165, 1.54) is 0 Å². The molecule has 20 heavy (non-hydrogen) atoms. The van der Waals surface area contributed by atoms with Gasteiger partial charge in [0.15, 0.2) is 0 Å². The molecule has 2 aliphatic rings. The fraction of sp³-hybridized carbons (Fsp3) is 0.929. The Labute approximate surface area is 128 Å². The minimum Gasteiger partial charge on any atom is -0.392 e. The van der Waals surface area contributed by atoms with Crippen molar-refractivity contribution < 1.29 is 4.74 Å². The number of rotatable bonds is 4. The SMILES string of the molecule is CN1CCOC(CN2CCN(C(C)(C)C(N)=S)CC2)C1. The van der Waals surface area contributed by atoms with Crippen molar-refractivity contribution in [3.05, 3.63) is 0 Å². The van der Waals surface area contributed by atoms with Gasteiger partial charge in [-0.2, -0.15) is 0 Å². The summed E-state index contributed by atoms with van der Waals surface area (Å²) in [5.41, 5.74) is 5.67. The first-order chi connectivity index (χ1) is 9.39. The summed E-state index contributed by atoms with van der Waals surface area (Å²) in [7, 11) is 2.16. The summed E-state index contributed by atoms with van der Waals surface area (Å²) in [6.45, 7) is 12.4. The van der Waals surface area contributed by atoms with E-state index >= 15 is 0 Å². The number of nitrogens with zero attached hydrogens (tertiary/aromatic N) is 3. The predicted octanol–water partition coefficient (Wildman–Crippen LogP) is -0.000700. The van der Waals surface area contributed by atoms with E-state index in [9.17, 15) is 0 Å². The first kappa shape index (κ1) is 16.1. The van der Waals surface area contributed by atoms with Crippen LogP contribution in [0, 0.1) is 0 Å². The molecule has 2 saturated heterocycles. The van der Waals surface area contributed by atoms with Crippen LogP contribution in [0.3, 0.4) is 0 Å². The second kappa shape index (κ2) is 6.66. The van der Waals surface area contributed by atoms with Crippen LogP contribution < -0.4 is 5.73 Å². The lowest BCUT2D eigenvalue weighted by Crippen LogP contribution is -2.60. The molecule has 0 radical (unpaired) electrons. The van der Waals surface area contributed by atoms with Crippen LogP contribution >= 0.6 is 12.2 Å². The fourth-order valence-corrected chi connectivity index (χ4v) is 3.04. The molecule has 0 bridgehead atoms. The Bertz CT molecular complexity index is 342. The Morgan fingerprint density at radius 1 is 1.25 bits per heavy atom. The number of hydrogen-bond acceptors (Lipinski definition) is 5. The van der Waals surface area contributed by atoms with Gasteiger partial charge < -0.3 is 15.4 Å². The molecule has 2 N–H and O–H groups in total. The van der Waals surface area contributed by atoms with Gasteiger partial charge in [0.1, 0.15) is 0 Å². The molecule has 116 valence electrons. The Hall–Kier alpha value is -0.270. The van der Waals surface area contributed by atoms with Crippen molar-refractivity contribution in [2.75, 3.05) is 59.5 Å². The van der Waals surface area contributed by atoms with Gasteiger partial charge in [0, 0.05) is 45.8 Å². The highest BCUT2D eigenvalue weighted by molar-refractivity contribution is 7.80. The predicted molar refractivity (Wildman–Crippen MR) is 86.1 cm³/mol. The summed E-state index contributed by atoms with van der Waals surface area (Å²) in [6.07, 6.45) is 0.351. The van der Waals surface area contributed by atoms with Gasteiger partial charge in [0.2, 0.25) is 0 Å². The lowest BCUT2D eigenvalue weighted by atomic mass is 10.0. The molecular formula is C14H28N4OS. The first-order valence-corrected chi connectivity index (χ1v) is 7.88. The minimum atomic E-state index is -0.178. The standard InChI is InChI=1S/C14H28N4OS/c1-14(2,13(15)20)18-6-4-17(5-7-18)11-12-10-16(3)8-9-19-12/h12H,4-11H2,1-3H3,(H2,15,20). The summed E-state index contributed by atoms with van der Waals surface area (Å²) >= 11 is 5.18. The molecule has 2 fully saturated rings. The number of hydrogen-bond donors (Lipinski definition) is 1. The average molecular weight is 300 g/mol. The normalized spacial score (nSPS) is 27.6. The molecule has 2 heterocycles. The monoisotopic (exact) mass is 300 g/mol. The zero-order valence-electron chi connectivity index (χ0n) is 13.0. The number of piperazine rings is 1. The lowest BCUT2D eigenvalue weighted by Gasteiger charge is -2.44. The van der Waals surface area contributed by atoms with Gasteiger partial charge in [-0.25, -0.2) is 0 Å². The third kappa shape index (κ3) is 3.89. The number of thiocarbonyl (C=S) groups is 1. The average Bonchev–Trinajstić information content (AvgIpc) is 2.39. The minimum absolute atomic E-state index is 0.178. The van der Waals surface area contributed by atoms with E-state index in [0.29, 0.717) is 11.1 Å². The van der Waals surface area contributed by atoms with Crippen molar-refractivity contribution >= 4 is 17.2 Å². The molecule has 0 aromatic heterocycles. The van der Waals surface area contributed by atoms with E-state index in [1.54, 1.807) is 0 Å². The van der Waals surface area contributed by atoms with Crippen LogP contribution in [0.4, 0.5) is 0 Å². The van der Waals surface area contributed by atoms with Crippen LogP contribution in [-0.4, -0.2) is 90.8 Å². The van der Waals surface area contributed by atoms with Crippen molar-refractivity contribution in [1.82, 2.24) is 14.7 Å². The van der Waals surface area contributed by atoms with Crippen molar-refractivity contribution in [2.45, 2.75) is 25.5 Å². The Balaban J connectivity index is 1.78. The van der Waals surface area contributed by atoms with E-state index < -0.39 is 0 Å². The molecule has 2 rings (SSSR count). The zero-order valence-corrected chi connectivity index (χ0v) is 13.8. The van der Waals surface area contributed by atoms with E-state index in [4.69, 9.17) is 22.7 Å². The van der Waals surface area contributed by atoms with Crippen LogP contribution in [0.25, 0.3) is 0 Å². The maximum absolute atomic E-state index is 5.85. The highest BCUT2D eigenvalue weighted by Gasteiger charge is 2.33. The highest BCUT2D eigenvalue weighted by Crippen LogP contribution is 2.18. The quantitative estimate of drug-likeness (QED) is 0.738. The molecule has 1 unspecified atom stereocenters. The van der Waals surface area contributed by atoms with Crippen molar-refractivity contribution in [3.8, 4) is 0 Å². The smallest absolute Gasteiger partial charge is 0.0928 e. The third-order valence-corrected chi connectivity index (χ3v) is 5.07. The summed E-state index contributed by atoms with van der Waals surface area (Å²) in [4.78, 5) is 7.82. The Morgan fingerprint density at radius 2 is 1.90 bits per heavy atom. The second-order valence-electron chi connectivity index (χ2n) is 6.47. The van der Waals surface area contributed by atoms with Crippen molar-refractivity contribution in [2.24, 2.45) is 5.73 Å². The van der Waals surface area contributed by atoms with Gasteiger partial charge >= 0.3 is 0 Å². The van der Waals surface area contributed by atoms with Crippen LogP contribution in [0.5, 0.6) is 0 Å². The molecule has 5 nitrogen and oxygen atoms in total. The van der Waals surface area contributed by atoms with Crippen molar-refractivity contribution in [3.63, 3.8) is 0 Å². The van der Waals surface area contributed by atoms with Crippen LogP contribution in [0.1, 0.15) is 13.8 Å². The number of likely N-dealkylation sites (N-methyl/N-ethyl adjacent to an activating group) is 1. The first-order valence-electron chi connectivity index (χ1n) is 7.47. The molecule has 1 atom stereocenters. The molecule has 0 spiro atoms. The van der Waals surface area contributed by atoms with Gasteiger partial charge in [-0.1, -0.05) is 12.2 Å². The van der Waals surface area contributed by atoms with Gasteiger partial charge in [0.25, 0.3) is 0 Å². The summed E-state index contributed by atoms with van der Waals surface area (Å²) in [5, 5.41) is 0. The molecule has 2 aliphatic heterocycles. The fourth-order valence-electron chi connectivity index (χ4n) is 2.91. The number of ether oxygens (including phenoxy) is 1. The molecule has 0 aliphatic carbocycles. The van der Waals surface area contributed by atoms with Crippen LogP contribution in [-0.2, 0) is 4.74 Å². The maximum Gasteiger partial charge on any atom is 0.0928 e. The molecule has 0 amide bonds. The van der Waals surface area contributed by atoms with Gasteiger partial charge in [-0.15, -0.1) is 0 Å². The van der Waals surface area contributed by atoms with Gasteiger partial charge in [-0.3, -0.25) is 9.80 Å². The van der Waals surface area contributed by atoms with Crippen molar-refractivity contribution in [1.29, 1.82) is 0 Å². The van der Waals surface area contributed by atoms with E-state index in [2.05, 4.69) is 35.6 Å². The molecule has 0 aromatic carbocycles. The molecule has 0 aromatic rings. The largest absolute Gasteiger partial charge is 0.392 e. The van der Waals surface area contributed by atoms with E-state index in [-0.39, 0.29) is 5.54 Å². The summed E-state index contributed by atoms with van der Waals surface area (Å²) in [5.74, 6) is 0. The van der Waals surface area contributed by atoms with E-state index in [1.807, 2.05) is 0 Å². The Kier molecular flexibility index (Phi) is 5.36. The van der Waals surface area contributed by atoms with Crippen LogP contribution in [0.2, 0.25) is 0 Å². The molecule has 6 heteroatoms. The highest BCUT2D eigenvalue weighted by atomic mass is 32.1.